The summed E-state index contributed by atoms with van der Waals surface area (Å²) >= 11 is 6.57. The lowest BCUT2D eigenvalue weighted by atomic mass is 10.1. The molecule has 15 heavy (non-hydrogen) atoms. The lowest BCUT2D eigenvalue weighted by molar-refractivity contribution is 0.0600. The van der Waals surface area contributed by atoms with Crippen LogP contribution in [0.25, 0.3) is 0 Å². The van der Waals surface area contributed by atoms with Gasteiger partial charge < -0.3 is 4.74 Å². The van der Waals surface area contributed by atoms with Gasteiger partial charge in [0.15, 0.2) is 0 Å². The summed E-state index contributed by atoms with van der Waals surface area (Å²) in [6.45, 7) is 0. The van der Waals surface area contributed by atoms with Gasteiger partial charge in [0.2, 0.25) is 0 Å². The Morgan fingerprint density at radius 2 is 2.27 bits per heavy atom. The van der Waals surface area contributed by atoms with E-state index in [1.54, 1.807) is 18.2 Å². The van der Waals surface area contributed by atoms with E-state index in [2.05, 4.69) is 48.4 Å². The fourth-order valence-electron chi connectivity index (χ4n) is 0.990. The molecule has 78 valence electrons. The van der Waals surface area contributed by atoms with Crippen molar-refractivity contribution in [3.8, 4) is 11.8 Å². The SMILES string of the molecule is COC(=O)c1ccc(C#CCBr)c(Br)c1. The molecule has 0 aliphatic heterocycles. The second-order valence-electron chi connectivity index (χ2n) is 2.62. The van der Waals surface area contributed by atoms with E-state index in [0.717, 1.165) is 10.0 Å². The quantitative estimate of drug-likeness (QED) is 0.449. The highest BCUT2D eigenvalue weighted by molar-refractivity contribution is 9.10. The Bertz CT molecular complexity index is 430. The summed E-state index contributed by atoms with van der Waals surface area (Å²) in [5.41, 5.74) is 1.36. The van der Waals surface area contributed by atoms with Gasteiger partial charge >= 0.3 is 5.97 Å². The first kappa shape index (κ1) is 12.3. The second-order valence-corrected chi connectivity index (χ2v) is 4.04. The van der Waals surface area contributed by atoms with Crippen molar-refractivity contribution in [1.29, 1.82) is 0 Å². The Morgan fingerprint density at radius 1 is 1.53 bits per heavy atom. The molecule has 0 fully saturated rings. The molecule has 0 aliphatic rings. The first-order valence-corrected chi connectivity index (χ1v) is 6.03. The molecule has 0 atom stereocenters. The maximum atomic E-state index is 11.2. The monoisotopic (exact) mass is 330 g/mol. The standard InChI is InChI=1S/C11H8Br2O2/c1-15-11(14)9-5-4-8(3-2-6-12)10(13)7-9/h4-5,7H,6H2,1H3. The predicted octanol–water partition coefficient (Wildman–Crippen LogP) is 2.98. The highest BCUT2D eigenvalue weighted by Gasteiger charge is 2.06. The molecule has 0 radical (unpaired) electrons. The molecule has 4 heteroatoms. The zero-order chi connectivity index (χ0) is 11.3. The van der Waals surface area contributed by atoms with Crippen LogP contribution in [0.5, 0.6) is 0 Å². The lowest BCUT2D eigenvalue weighted by Gasteiger charge is -2.01. The minimum absolute atomic E-state index is 0.351. The van der Waals surface area contributed by atoms with Crippen LogP contribution in [-0.2, 0) is 4.74 Å². The summed E-state index contributed by atoms with van der Waals surface area (Å²) in [6.07, 6.45) is 0. The van der Waals surface area contributed by atoms with Gasteiger partial charge in [0.1, 0.15) is 0 Å². The van der Waals surface area contributed by atoms with Crippen LogP contribution in [-0.4, -0.2) is 18.4 Å². The zero-order valence-electron chi connectivity index (χ0n) is 8.01. The van der Waals surface area contributed by atoms with Gasteiger partial charge in [0, 0.05) is 10.0 Å². The summed E-state index contributed by atoms with van der Waals surface area (Å²) in [5, 5.41) is 0.623. The van der Waals surface area contributed by atoms with E-state index in [1.807, 2.05) is 0 Å². The minimum Gasteiger partial charge on any atom is -0.465 e. The number of ether oxygens (including phenoxy) is 1. The van der Waals surface area contributed by atoms with Gasteiger partial charge in [-0.25, -0.2) is 4.79 Å². The van der Waals surface area contributed by atoms with E-state index < -0.39 is 0 Å². The molecule has 0 spiro atoms. The van der Waals surface area contributed by atoms with Gasteiger partial charge in [-0.1, -0.05) is 27.8 Å². The first-order valence-electron chi connectivity index (χ1n) is 4.11. The molecule has 1 aromatic rings. The number of methoxy groups -OCH3 is 1. The van der Waals surface area contributed by atoms with Crippen LogP contribution in [0.2, 0.25) is 0 Å². The van der Waals surface area contributed by atoms with Gasteiger partial charge in [-0.3, -0.25) is 0 Å². The number of hydrogen-bond donors (Lipinski definition) is 0. The molecule has 0 unspecified atom stereocenters. The Labute approximate surface area is 105 Å². The molecular weight excluding hydrogens is 324 g/mol. The molecule has 0 N–H and O–H groups in total. The minimum atomic E-state index is -0.351. The van der Waals surface area contributed by atoms with E-state index >= 15 is 0 Å². The normalized spacial score (nSPS) is 9.00. The van der Waals surface area contributed by atoms with E-state index in [9.17, 15) is 4.79 Å². The molecule has 0 saturated carbocycles. The summed E-state index contributed by atoms with van der Waals surface area (Å²) < 4.78 is 5.40. The number of benzene rings is 1. The van der Waals surface area contributed by atoms with Crippen molar-refractivity contribution in [3.05, 3.63) is 33.8 Å². The number of carbonyl (C=O) groups is 1. The summed E-state index contributed by atoms with van der Waals surface area (Å²) in [7, 11) is 1.36. The van der Waals surface area contributed by atoms with E-state index in [1.165, 1.54) is 7.11 Å². The highest BCUT2D eigenvalue weighted by atomic mass is 79.9. The Hall–Kier alpha value is -0.790. The van der Waals surface area contributed by atoms with Gasteiger partial charge in [0.05, 0.1) is 18.0 Å². The smallest absolute Gasteiger partial charge is 0.337 e. The van der Waals surface area contributed by atoms with Gasteiger partial charge in [-0.2, -0.15) is 0 Å². The molecular formula is C11H8Br2O2. The predicted molar refractivity (Wildman–Crippen MR) is 66.2 cm³/mol. The van der Waals surface area contributed by atoms with Crippen molar-refractivity contribution >= 4 is 37.8 Å². The van der Waals surface area contributed by atoms with Crippen molar-refractivity contribution in [3.63, 3.8) is 0 Å². The van der Waals surface area contributed by atoms with Crippen LogP contribution in [0.1, 0.15) is 15.9 Å². The number of esters is 1. The largest absolute Gasteiger partial charge is 0.465 e. The summed E-state index contributed by atoms with van der Waals surface area (Å²) in [6, 6.07) is 5.17. The summed E-state index contributed by atoms with van der Waals surface area (Å²) in [5.74, 6) is 5.49. The average molecular weight is 332 g/mol. The second kappa shape index (κ2) is 5.94. The fourth-order valence-corrected chi connectivity index (χ4v) is 1.61. The molecule has 0 saturated heterocycles. The van der Waals surface area contributed by atoms with Crippen LogP contribution in [0, 0.1) is 11.8 Å². The maximum Gasteiger partial charge on any atom is 0.337 e. The molecule has 1 aromatic carbocycles. The molecule has 0 amide bonds. The Morgan fingerprint density at radius 3 is 2.80 bits per heavy atom. The first-order chi connectivity index (χ1) is 7.19. The van der Waals surface area contributed by atoms with Gasteiger partial charge in [-0.15, -0.1) is 0 Å². The number of carbonyl (C=O) groups excluding carboxylic acids is 1. The molecule has 0 aromatic heterocycles. The van der Waals surface area contributed by atoms with Crippen LogP contribution < -0.4 is 0 Å². The van der Waals surface area contributed by atoms with E-state index in [-0.39, 0.29) is 5.97 Å². The number of halogens is 2. The Kier molecular flexibility index (Phi) is 4.86. The van der Waals surface area contributed by atoms with Crippen molar-refractivity contribution < 1.29 is 9.53 Å². The third-order valence-corrected chi connectivity index (χ3v) is 2.62. The van der Waals surface area contributed by atoms with Crippen molar-refractivity contribution in [2.45, 2.75) is 0 Å². The van der Waals surface area contributed by atoms with E-state index in [4.69, 9.17) is 0 Å². The van der Waals surface area contributed by atoms with Crippen LogP contribution in [0.3, 0.4) is 0 Å². The Balaban J connectivity index is 3.03. The average Bonchev–Trinajstić information content (AvgIpc) is 2.26. The zero-order valence-corrected chi connectivity index (χ0v) is 11.2. The lowest BCUT2D eigenvalue weighted by Crippen LogP contribution is -2.01. The molecule has 0 aliphatic carbocycles. The fraction of sp³-hybridized carbons (Fsp3) is 0.182. The number of alkyl halides is 1. The topological polar surface area (TPSA) is 26.3 Å². The molecule has 0 bridgehead atoms. The maximum absolute atomic E-state index is 11.2. The molecule has 1 rings (SSSR count). The van der Waals surface area contributed by atoms with Crippen LogP contribution in [0.4, 0.5) is 0 Å². The third-order valence-electron chi connectivity index (χ3n) is 1.68. The van der Waals surface area contributed by atoms with Crippen molar-refractivity contribution in [2.24, 2.45) is 0 Å². The number of hydrogen-bond acceptors (Lipinski definition) is 2. The number of rotatable bonds is 1. The molecule has 2 nitrogen and oxygen atoms in total. The van der Waals surface area contributed by atoms with Crippen molar-refractivity contribution in [2.75, 3.05) is 12.4 Å². The summed E-state index contributed by atoms with van der Waals surface area (Å²) in [4.78, 5) is 11.2. The van der Waals surface area contributed by atoms with E-state index in [0.29, 0.717) is 10.9 Å². The van der Waals surface area contributed by atoms with Crippen molar-refractivity contribution in [1.82, 2.24) is 0 Å². The highest BCUT2D eigenvalue weighted by Crippen LogP contribution is 2.18. The molecule has 0 heterocycles. The van der Waals surface area contributed by atoms with Crippen LogP contribution >= 0.6 is 31.9 Å². The van der Waals surface area contributed by atoms with Crippen LogP contribution in [0.15, 0.2) is 22.7 Å². The third kappa shape index (κ3) is 3.37. The van der Waals surface area contributed by atoms with Gasteiger partial charge in [-0.05, 0) is 34.1 Å². The van der Waals surface area contributed by atoms with Gasteiger partial charge in [0.25, 0.3) is 0 Å².